The van der Waals surface area contributed by atoms with Gasteiger partial charge in [-0.2, -0.15) is 0 Å². The van der Waals surface area contributed by atoms with E-state index >= 15 is 0 Å². The largest absolute Gasteiger partial charge is 0.269 e. The van der Waals surface area contributed by atoms with Crippen molar-refractivity contribution in [2.75, 3.05) is 0 Å². The highest BCUT2D eigenvalue weighted by Gasteiger charge is 2.06. The number of nitro groups is 1. The van der Waals surface area contributed by atoms with Crippen LogP contribution in [0.1, 0.15) is 5.56 Å². The van der Waals surface area contributed by atoms with Crippen LogP contribution in [0, 0.1) is 15.9 Å². The minimum Gasteiger partial charge on any atom is -0.258 e. The van der Waals surface area contributed by atoms with Crippen molar-refractivity contribution in [3.8, 4) is 0 Å². The van der Waals surface area contributed by atoms with Gasteiger partial charge in [0, 0.05) is 27.3 Å². The molecule has 0 N–H and O–H groups in total. The molecule has 2 aromatic carbocycles. The molecule has 0 atom stereocenters. The Morgan fingerprint density at radius 3 is 2.47 bits per heavy atom. The number of hydrogen-bond donors (Lipinski definition) is 0. The normalized spacial score (nSPS) is 10.4. The lowest BCUT2D eigenvalue weighted by Crippen LogP contribution is -1.88. The molecule has 0 amide bonds. The van der Waals surface area contributed by atoms with Crippen molar-refractivity contribution in [2.45, 2.75) is 10.6 Å². The highest BCUT2D eigenvalue weighted by atomic mass is 79.9. The van der Waals surface area contributed by atoms with E-state index in [4.69, 9.17) is 0 Å². The maximum absolute atomic E-state index is 13.6. The third kappa shape index (κ3) is 3.78. The lowest BCUT2D eigenvalue weighted by molar-refractivity contribution is -0.384. The molecular weight excluding hydrogens is 333 g/mol. The van der Waals surface area contributed by atoms with Gasteiger partial charge in [0.15, 0.2) is 0 Å². The maximum atomic E-state index is 13.6. The fraction of sp³-hybridized carbons (Fsp3) is 0.0769. The molecule has 6 heteroatoms. The molecule has 0 spiro atoms. The third-order valence-electron chi connectivity index (χ3n) is 2.46. The van der Waals surface area contributed by atoms with E-state index in [1.807, 2.05) is 0 Å². The number of benzene rings is 2. The molecule has 0 radical (unpaired) electrons. The van der Waals surface area contributed by atoms with Crippen molar-refractivity contribution in [3.05, 3.63) is 68.4 Å². The van der Waals surface area contributed by atoms with Gasteiger partial charge in [0.05, 0.1) is 4.92 Å². The first-order valence-corrected chi connectivity index (χ1v) is 7.15. The van der Waals surface area contributed by atoms with Crippen LogP contribution in [0.3, 0.4) is 0 Å². The number of nitrogens with zero attached hydrogens (tertiary/aromatic N) is 1. The van der Waals surface area contributed by atoms with Crippen LogP contribution in [0.4, 0.5) is 10.1 Å². The predicted octanol–water partition coefficient (Wildman–Crippen LogP) is 4.79. The van der Waals surface area contributed by atoms with Crippen LogP contribution in [0.5, 0.6) is 0 Å². The highest BCUT2D eigenvalue weighted by molar-refractivity contribution is 9.10. The number of hydrogen-bond acceptors (Lipinski definition) is 3. The fourth-order valence-corrected chi connectivity index (χ4v) is 2.68. The molecule has 19 heavy (non-hydrogen) atoms. The molecular formula is C13H9BrFNO2S. The van der Waals surface area contributed by atoms with Gasteiger partial charge in [-0.15, -0.1) is 11.8 Å². The van der Waals surface area contributed by atoms with Crippen molar-refractivity contribution in [3.63, 3.8) is 0 Å². The summed E-state index contributed by atoms with van der Waals surface area (Å²) in [6.45, 7) is 0. The Morgan fingerprint density at radius 1 is 1.21 bits per heavy atom. The molecule has 2 aromatic rings. The molecule has 0 aliphatic heterocycles. The summed E-state index contributed by atoms with van der Waals surface area (Å²) in [6.07, 6.45) is 0. The first kappa shape index (κ1) is 14.0. The smallest absolute Gasteiger partial charge is 0.258 e. The zero-order chi connectivity index (χ0) is 13.8. The van der Waals surface area contributed by atoms with Crippen molar-refractivity contribution in [2.24, 2.45) is 0 Å². The summed E-state index contributed by atoms with van der Waals surface area (Å²) in [5, 5.41) is 10.5. The van der Waals surface area contributed by atoms with Gasteiger partial charge >= 0.3 is 0 Å². The standard InChI is InChI=1S/C13H9BrFNO2S/c14-10-2-1-9(13(15)7-10)8-19-12-5-3-11(4-6-12)16(17)18/h1-7H,8H2. The average molecular weight is 342 g/mol. The summed E-state index contributed by atoms with van der Waals surface area (Å²) < 4.78 is 14.3. The summed E-state index contributed by atoms with van der Waals surface area (Å²) in [6, 6.07) is 11.2. The number of thioether (sulfide) groups is 1. The summed E-state index contributed by atoms with van der Waals surface area (Å²) in [5.74, 6) is 0.223. The monoisotopic (exact) mass is 341 g/mol. The van der Waals surface area contributed by atoms with E-state index in [1.165, 1.54) is 30.0 Å². The molecule has 0 saturated carbocycles. The quantitative estimate of drug-likeness (QED) is 0.456. The lowest BCUT2D eigenvalue weighted by Gasteiger charge is -2.04. The predicted molar refractivity (Wildman–Crippen MR) is 76.8 cm³/mol. The number of halogens is 2. The average Bonchev–Trinajstić information content (AvgIpc) is 2.38. The summed E-state index contributed by atoms with van der Waals surface area (Å²) in [5.41, 5.74) is 0.658. The second-order valence-electron chi connectivity index (χ2n) is 3.78. The van der Waals surface area contributed by atoms with Crippen LogP contribution in [-0.4, -0.2) is 4.92 Å². The van der Waals surface area contributed by atoms with E-state index in [0.29, 0.717) is 15.8 Å². The maximum Gasteiger partial charge on any atom is 0.269 e. The molecule has 0 heterocycles. The number of rotatable bonds is 4. The second kappa shape index (κ2) is 6.16. The van der Waals surface area contributed by atoms with Gasteiger partial charge in [0.25, 0.3) is 5.69 Å². The first-order valence-electron chi connectivity index (χ1n) is 5.37. The Morgan fingerprint density at radius 2 is 1.89 bits per heavy atom. The van der Waals surface area contributed by atoms with Crippen LogP contribution < -0.4 is 0 Å². The van der Waals surface area contributed by atoms with Crippen LogP contribution in [0.2, 0.25) is 0 Å². The summed E-state index contributed by atoms with van der Waals surface area (Å²) >= 11 is 4.64. The summed E-state index contributed by atoms with van der Waals surface area (Å²) in [4.78, 5) is 10.9. The van der Waals surface area contributed by atoms with Gasteiger partial charge in [-0.05, 0) is 29.8 Å². The van der Waals surface area contributed by atoms with Crippen LogP contribution in [0.25, 0.3) is 0 Å². The zero-order valence-corrected chi connectivity index (χ0v) is 12.1. The van der Waals surface area contributed by atoms with Gasteiger partial charge < -0.3 is 0 Å². The van der Waals surface area contributed by atoms with Gasteiger partial charge in [-0.1, -0.05) is 22.0 Å². The molecule has 0 saturated heterocycles. The molecule has 0 aliphatic rings. The zero-order valence-electron chi connectivity index (χ0n) is 9.68. The molecule has 0 unspecified atom stereocenters. The van der Waals surface area contributed by atoms with Gasteiger partial charge in [-0.3, -0.25) is 10.1 Å². The van der Waals surface area contributed by atoms with Gasteiger partial charge in [0.2, 0.25) is 0 Å². The fourth-order valence-electron chi connectivity index (χ4n) is 1.46. The minimum atomic E-state index is -0.442. The Kier molecular flexibility index (Phi) is 4.55. The molecule has 0 aromatic heterocycles. The molecule has 0 fully saturated rings. The number of nitro benzene ring substituents is 1. The second-order valence-corrected chi connectivity index (χ2v) is 5.74. The van der Waals surface area contributed by atoms with Crippen molar-refractivity contribution in [1.29, 1.82) is 0 Å². The third-order valence-corrected chi connectivity index (χ3v) is 4.01. The number of non-ortho nitro benzene ring substituents is 1. The van der Waals surface area contributed by atoms with E-state index in [-0.39, 0.29) is 11.5 Å². The molecule has 98 valence electrons. The highest BCUT2D eigenvalue weighted by Crippen LogP contribution is 2.26. The van der Waals surface area contributed by atoms with E-state index in [1.54, 1.807) is 24.3 Å². The van der Waals surface area contributed by atoms with Crippen LogP contribution in [-0.2, 0) is 5.75 Å². The van der Waals surface area contributed by atoms with E-state index in [9.17, 15) is 14.5 Å². The topological polar surface area (TPSA) is 43.1 Å². The lowest BCUT2D eigenvalue weighted by atomic mass is 10.2. The van der Waals surface area contributed by atoms with Crippen molar-refractivity contribution < 1.29 is 9.31 Å². The van der Waals surface area contributed by atoms with Crippen molar-refractivity contribution in [1.82, 2.24) is 0 Å². The molecule has 2 rings (SSSR count). The van der Waals surface area contributed by atoms with E-state index in [2.05, 4.69) is 15.9 Å². The van der Waals surface area contributed by atoms with Gasteiger partial charge in [0.1, 0.15) is 5.82 Å². The molecule has 0 bridgehead atoms. The summed E-state index contributed by atoms with van der Waals surface area (Å²) in [7, 11) is 0. The Balaban J connectivity index is 2.04. The van der Waals surface area contributed by atoms with E-state index < -0.39 is 4.92 Å². The van der Waals surface area contributed by atoms with Crippen LogP contribution in [0.15, 0.2) is 51.8 Å². The van der Waals surface area contributed by atoms with E-state index in [0.717, 1.165) is 4.90 Å². The molecule has 3 nitrogen and oxygen atoms in total. The SMILES string of the molecule is O=[N+]([O-])c1ccc(SCc2ccc(Br)cc2F)cc1. The minimum absolute atomic E-state index is 0.0548. The Bertz CT molecular complexity index is 604. The Labute approximate surface area is 122 Å². The van der Waals surface area contributed by atoms with Gasteiger partial charge in [-0.25, -0.2) is 4.39 Å². The molecule has 0 aliphatic carbocycles. The first-order chi connectivity index (χ1) is 9.06. The van der Waals surface area contributed by atoms with Crippen LogP contribution >= 0.6 is 27.7 Å². The van der Waals surface area contributed by atoms with Crippen molar-refractivity contribution >= 4 is 33.4 Å². The Hall–Kier alpha value is -1.40.